The van der Waals surface area contributed by atoms with E-state index < -0.39 is 0 Å². The molecular formula is C10H19NO3. The molecule has 1 aliphatic rings. The Hall–Kier alpha value is -0.610. The Morgan fingerprint density at radius 1 is 1.43 bits per heavy atom. The summed E-state index contributed by atoms with van der Waals surface area (Å²) in [6.07, 6.45) is 3.37. The molecule has 0 heterocycles. The SMILES string of the molecule is COCCCOC(=O)[C@@H]1CC[C@H](N)C1. The van der Waals surface area contributed by atoms with Crippen molar-refractivity contribution in [1.82, 2.24) is 0 Å². The minimum Gasteiger partial charge on any atom is -0.465 e. The van der Waals surface area contributed by atoms with Crippen LogP contribution in [0.25, 0.3) is 0 Å². The number of ether oxygens (including phenoxy) is 2. The topological polar surface area (TPSA) is 61.5 Å². The van der Waals surface area contributed by atoms with E-state index in [0.29, 0.717) is 13.2 Å². The average molecular weight is 201 g/mol. The Kier molecular flexibility index (Phi) is 4.90. The molecule has 1 rings (SSSR count). The first-order valence-corrected chi connectivity index (χ1v) is 5.15. The summed E-state index contributed by atoms with van der Waals surface area (Å²) in [6, 6.07) is 0.187. The largest absolute Gasteiger partial charge is 0.465 e. The highest BCUT2D eigenvalue weighted by molar-refractivity contribution is 5.72. The lowest BCUT2D eigenvalue weighted by Gasteiger charge is -2.09. The first-order valence-electron chi connectivity index (χ1n) is 5.15. The molecule has 2 atom stereocenters. The summed E-state index contributed by atoms with van der Waals surface area (Å²) >= 11 is 0. The first-order chi connectivity index (χ1) is 6.74. The molecule has 0 saturated heterocycles. The summed E-state index contributed by atoms with van der Waals surface area (Å²) in [5.41, 5.74) is 5.71. The number of methoxy groups -OCH3 is 1. The second kappa shape index (κ2) is 5.98. The van der Waals surface area contributed by atoms with Crippen molar-refractivity contribution in [3.63, 3.8) is 0 Å². The highest BCUT2D eigenvalue weighted by atomic mass is 16.5. The molecule has 1 aliphatic carbocycles. The summed E-state index contributed by atoms with van der Waals surface area (Å²) in [7, 11) is 1.64. The maximum absolute atomic E-state index is 11.4. The molecule has 4 nitrogen and oxygen atoms in total. The van der Waals surface area contributed by atoms with Gasteiger partial charge in [-0.05, 0) is 19.3 Å². The number of esters is 1. The van der Waals surface area contributed by atoms with Crippen LogP contribution < -0.4 is 5.73 Å². The van der Waals surface area contributed by atoms with Crippen LogP contribution >= 0.6 is 0 Å². The number of carbonyl (C=O) groups excluding carboxylic acids is 1. The predicted molar refractivity (Wildman–Crippen MR) is 52.8 cm³/mol. The van der Waals surface area contributed by atoms with E-state index >= 15 is 0 Å². The Balaban J connectivity index is 2.09. The Labute approximate surface area is 84.7 Å². The van der Waals surface area contributed by atoms with E-state index in [1.165, 1.54) is 0 Å². The molecule has 0 spiro atoms. The van der Waals surface area contributed by atoms with Crippen LogP contribution in [0.4, 0.5) is 0 Å². The zero-order valence-corrected chi connectivity index (χ0v) is 8.70. The van der Waals surface area contributed by atoms with Crippen molar-refractivity contribution in [1.29, 1.82) is 0 Å². The normalized spacial score (nSPS) is 26.4. The van der Waals surface area contributed by atoms with Crippen LogP contribution in [-0.2, 0) is 14.3 Å². The predicted octanol–water partition coefficient (Wildman–Crippen LogP) is 0.694. The number of hydrogen-bond acceptors (Lipinski definition) is 4. The van der Waals surface area contributed by atoms with Gasteiger partial charge in [-0.15, -0.1) is 0 Å². The van der Waals surface area contributed by atoms with E-state index in [2.05, 4.69) is 0 Å². The van der Waals surface area contributed by atoms with Gasteiger partial charge in [0.25, 0.3) is 0 Å². The van der Waals surface area contributed by atoms with Crippen molar-refractivity contribution < 1.29 is 14.3 Å². The monoisotopic (exact) mass is 201 g/mol. The van der Waals surface area contributed by atoms with Gasteiger partial charge >= 0.3 is 5.97 Å². The smallest absolute Gasteiger partial charge is 0.308 e. The van der Waals surface area contributed by atoms with Crippen LogP contribution in [0.2, 0.25) is 0 Å². The van der Waals surface area contributed by atoms with Gasteiger partial charge in [0.2, 0.25) is 0 Å². The molecule has 82 valence electrons. The molecule has 0 radical (unpaired) electrons. The highest BCUT2D eigenvalue weighted by Gasteiger charge is 2.28. The molecular weight excluding hydrogens is 182 g/mol. The minimum atomic E-state index is -0.0888. The van der Waals surface area contributed by atoms with Gasteiger partial charge in [0, 0.05) is 26.2 Å². The van der Waals surface area contributed by atoms with Crippen LogP contribution in [0, 0.1) is 5.92 Å². The van der Waals surface area contributed by atoms with E-state index in [1.54, 1.807) is 7.11 Å². The Bertz CT molecular complexity index is 184. The van der Waals surface area contributed by atoms with Crippen LogP contribution in [0.3, 0.4) is 0 Å². The number of nitrogens with two attached hydrogens (primary N) is 1. The molecule has 0 aromatic carbocycles. The molecule has 2 N–H and O–H groups in total. The molecule has 4 heteroatoms. The van der Waals surface area contributed by atoms with Crippen molar-refractivity contribution in [2.75, 3.05) is 20.3 Å². The summed E-state index contributed by atoms with van der Waals surface area (Å²) in [5.74, 6) is -0.0541. The first kappa shape index (κ1) is 11.5. The lowest BCUT2D eigenvalue weighted by atomic mass is 10.1. The summed E-state index contributed by atoms with van der Waals surface area (Å²) in [6.45, 7) is 1.09. The molecule has 0 aliphatic heterocycles. The van der Waals surface area contributed by atoms with Gasteiger partial charge < -0.3 is 15.2 Å². The van der Waals surface area contributed by atoms with Crippen LogP contribution in [0.5, 0.6) is 0 Å². The summed E-state index contributed by atoms with van der Waals surface area (Å²) in [5, 5.41) is 0. The van der Waals surface area contributed by atoms with Gasteiger partial charge in [0.05, 0.1) is 12.5 Å². The Morgan fingerprint density at radius 2 is 2.21 bits per heavy atom. The van der Waals surface area contributed by atoms with Crippen LogP contribution in [0.1, 0.15) is 25.7 Å². The molecule has 1 saturated carbocycles. The molecule has 14 heavy (non-hydrogen) atoms. The Morgan fingerprint density at radius 3 is 2.79 bits per heavy atom. The van der Waals surface area contributed by atoms with Gasteiger partial charge in [-0.1, -0.05) is 0 Å². The standard InChI is InChI=1S/C10H19NO3/c1-13-5-2-6-14-10(12)8-3-4-9(11)7-8/h8-9H,2-7,11H2,1H3/t8-,9+/m1/s1. The van der Waals surface area contributed by atoms with Crippen LogP contribution in [0.15, 0.2) is 0 Å². The molecule has 0 aromatic rings. The number of hydrogen-bond donors (Lipinski definition) is 1. The molecule has 0 bridgehead atoms. The summed E-state index contributed by atoms with van der Waals surface area (Å²) in [4.78, 5) is 11.4. The third-order valence-corrected chi connectivity index (χ3v) is 2.54. The van der Waals surface area contributed by atoms with Crippen molar-refractivity contribution in [3.05, 3.63) is 0 Å². The van der Waals surface area contributed by atoms with Crippen molar-refractivity contribution in [3.8, 4) is 0 Å². The molecule has 0 aromatic heterocycles. The lowest BCUT2D eigenvalue weighted by molar-refractivity contribution is -0.148. The van der Waals surface area contributed by atoms with Gasteiger partial charge in [-0.2, -0.15) is 0 Å². The number of rotatable bonds is 5. The summed E-state index contributed by atoms with van der Waals surface area (Å²) < 4.78 is 9.96. The lowest BCUT2D eigenvalue weighted by Crippen LogP contribution is -2.20. The zero-order valence-electron chi connectivity index (χ0n) is 8.70. The minimum absolute atomic E-state index is 0.0348. The van der Waals surface area contributed by atoms with Gasteiger partial charge in [-0.3, -0.25) is 4.79 Å². The number of carbonyl (C=O) groups is 1. The second-order valence-corrected chi connectivity index (χ2v) is 3.78. The average Bonchev–Trinajstić information content (AvgIpc) is 2.59. The van der Waals surface area contributed by atoms with Crippen molar-refractivity contribution in [2.24, 2.45) is 11.7 Å². The fourth-order valence-electron chi connectivity index (χ4n) is 1.72. The van der Waals surface area contributed by atoms with Crippen molar-refractivity contribution in [2.45, 2.75) is 31.7 Å². The zero-order chi connectivity index (χ0) is 10.4. The van der Waals surface area contributed by atoms with Gasteiger partial charge in [0.15, 0.2) is 0 Å². The van der Waals surface area contributed by atoms with E-state index in [9.17, 15) is 4.79 Å². The molecule has 0 amide bonds. The van der Waals surface area contributed by atoms with E-state index in [4.69, 9.17) is 15.2 Å². The highest BCUT2D eigenvalue weighted by Crippen LogP contribution is 2.25. The van der Waals surface area contributed by atoms with E-state index in [0.717, 1.165) is 25.7 Å². The third kappa shape index (κ3) is 3.64. The quantitative estimate of drug-likeness (QED) is 0.525. The molecule has 1 fully saturated rings. The van der Waals surface area contributed by atoms with Gasteiger partial charge in [-0.25, -0.2) is 0 Å². The van der Waals surface area contributed by atoms with Crippen LogP contribution in [-0.4, -0.2) is 32.3 Å². The second-order valence-electron chi connectivity index (χ2n) is 3.78. The maximum atomic E-state index is 11.4. The van der Waals surface area contributed by atoms with Crippen molar-refractivity contribution >= 4 is 5.97 Å². The van der Waals surface area contributed by atoms with Gasteiger partial charge in [0.1, 0.15) is 0 Å². The third-order valence-electron chi connectivity index (χ3n) is 2.54. The fourth-order valence-corrected chi connectivity index (χ4v) is 1.72. The van der Waals surface area contributed by atoms with E-state index in [-0.39, 0.29) is 17.9 Å². The molecule has 0 unspecified atom stereocenters. The van der Waals surface area contributed by atoms with E-state index in [1.807, 2.05) is 0 Å². The maximum Gasteiger partial charge on any atom is 0.308 e. The fraction of sp³-hybridized carbons (Fsp3) is 0.900.